The van der Waals surface area contributed by atoms with Gasteiger partial charge in [0.25, 0.3) is 5.91 Å². The number of hydrogen-bond acceptors (Lipinski definition) is 3. The number of nitrogens with zero attached hydrogens (tertiary/aromatic N) is 2. The largest absolute Gasteiger partial charge is 0.271 e. The van der Waals surface area contributed by atoms with Crippen LogP contribution in [-0.2, 0) is 4.79 Å². The molecular formula is C12H13BrN2OS. The molecule has 1 aromatic carbocycles. The monoisotopic (exact) mass is 312 g/mol. The SMILES string of the molecule is CSC1=NC(C)(C)C(=O)N1c1ccccc1Br. The first-order valence-corrected chi connectivity index (χ1v) is 7.22. The Bertz CT molecular complexity index is 499. The van der Waals surface area contributed by atoms with Gasteiger partial charge in [0.2, 0.25) is 0 Å². The van der Waals surface area contributed by atoms with Crippen LogP contribution >= 0.6 is 27.7 Å². The van der Waals surface area contributed by atoms with Gasteiger partial charge in [0.1, 0.15) is 5.54 Å². The Morgan fingerprint density at radius 3 is 2.59 bits per heavy atom. The van der Waals surface area contributed by atoms with Crippen molar-refractivity contribution in [1.82, 2.24) is 0 Å². The van der Waals surface area contributed by atoms with Gasteiger partial charge in [-0.2, -0.15) is 0 Å². The smallest absolute Gasteiger partial charge is 0.260 e. The predicted molar refractivity (Wildman–Crippen MR) is 76.7 cm³/mol. The van der Waals surface area contributed by atoms with E-state index < -0.39 is 5.54 Å². The number of rotatable bonds is 1. The van der Waals surface area contributed by atoms with Crippen molar-refractivity contribution >= 4 is 44.5 Å². The van der Waals surface area contributed by atoms with Crippen LogP contribution in [0.2, 0.25) is 0 Å². The third-order valence-electron chi connectivity index (χ3n) is 2.57. The van der Waals surface area contributed by atoms with Crippen LogP contribution in [0.15, 0.2) is 33.7 Å². The molecule has 17 heavy (non-hydrogen) atoms. The molecule has 1 amide bonds. The van der Waals surface area contributed by atoms with Crippen molar-refractivity contribution in [1.29, 1.82) is 0 Å². The van der Waals surface area contributed by atoms with Crippen LogP contribution in [-0.4, -0.2) is 22.9 Å². The lowest BCUT2D eigenvalue weighted by molar-refractivity contribution is -0.120. The average molecular weight is 313 g/mol. The molecular weight excluding hydrogens is 300 g/mol. The van der Waals surface area contributed by atoms with E-state index in [2.05, 4.69) is 20.9 Å². The van der Waals surface area contributed by atoms with Gasteiger partial charge in [-0.05, 0) is 48.2 Å². The molecule has 1 aliphatic rings. The molecule has 1 aromatic rings. The number of thioether (sulfide) groups is 1. The van der Waals surface area contributed by atoms with E-state index in [4.69, 9.17) is 0 Å². The predicted octanol–water partition coefficient (Wildman–Crippen LogP) is 3.29. The Hall–Kier alpha value is -0.810. The number of aliphatic imine (C=N–C) groups is 1. The maximum atomic E-state index is 12.3. The van der Waals surface area contributed by atoms with Gasteiger partial charge in [0.15, 0.2) is 5.17 Å². The Morgan fingerprint density at radius 1 is 1.35 bits per heavy atom. The van der Waals surface area contributed by atoms with Crippen molar-refractivity contribution < 1.29 is 4.79 Å². The Labute approximate surface area is 113 Å². The molecule has 2 rings (SSSR count). The van der Waals surface area contributed by atoms with E-state index >= 15 is 0 Å². The van der Waals surface area contributed by atoms with Crippen LogP contribution in [0.3, 0.4) is 0 Å². The lowest BCUT2D eigenvalue weighted by Gasteiger charge is -2.21. The van der Waals surface area contributed by atoms with Gasteiger partial charge < -0.3 is 0 Å². The van der Waals surface area contributed by atoms with Crippen molar-refractivity contribution in [2.24, 2.45) is 4.99 Å². The second-order valence-electron chi connectivity index (χ2n) is 4.25. The zero-order chi connectivity index (χ0) is 12.6. The van der Waals surface area contributed by atoms with E-state index in [-0.39, 0.29) is 5.91 Å². The molecule has 0 atom stereocenters. The summed E-state index contributed by atoms with van der Waals surface area (Å²) in [6, 6.07) is 7.67. The number of amides is 1. The molecule has 0 spiro atoms. The first kappa shape index (κ1) is 12.6. The molecule has 90 valence electrons. The molecule has 5 heteroatoms. The van der Waals surface area contributed by atoms with Gasteiger partial charge >= 0.3 is 0 Å². The second-order valence-corrected chi connectivity index (χ2v) is 5.88. The topological polar surface area (TPSA) is 32.7 Å². The molecule has 3 nitrogen and oxygen atoms in total. The summed E-state index contributed by atoms with van der Waals surface area (Å²) in [6.07, 6.45) is 1.93. The Kier molecular flexibility index (Phi) is 3.32. The molecule has 1 heterocycles. The highest BCUT2D eigenvalue weighted by atomic mass is 79.9. The standard InChI is InChI=1S/C12H13BrN2OS/c1-12(2)10(16)15(11(14-12)17-3)9-7-5-4-6-8(9)13/h4-7H,1-3H3. The van der Waals surface area contributed by atoms with E-state index in [1.165, 1.54) is 11.8 Å². The molecule has 0 N–H and O–H groups in total. The van der Waals surface area contributed by atoms with E-state index in [9.17, 15) is 4.79 Å². The van der Waals surface area contributed by atoms with Gasteiger partial charge in [-0.25, -0.2) is 4.99 Å². The van der Waals surface area contributed by atoms with Crippen LogP contribution in [0.4, 0.5) is 5.69 Å². The lowest BCUT2D eigenvalue weighted by atomic mass is 10.1. The summed E-state index contributed by atoms with van der Waals surface area (Å²) in [7, 11) is 0. The minimum absolute atomic E-state index is 0.00810. The maximum Gasteiger partial charge on any atom is 0.260 e. The van der Waals surface area contributed by atoms with Gasteiger partial charge in [-0.1, -0.05) is 23.9 Å². The quantitative estimate of drug-likeness (QED) is 0.797. The molecule has 0 aromatic heterocycles. The first-order chi connectivity index (χ1) is 7.97. The van der Waals surface area contributed by atoms with E-state index in [0.717, 1.165) is 15.3 Å². The number of anilines is 1. The van der Waals surface area contributed by atoms with E-state index in [1.807, 2.05) is 44.4 Å². The fourth-order valence-corrected chi connectivity index (χ4v) is 2.83. The number of halogens is 1. The summed E-state index contributed by atoms with van der Waals surface area (Å²) in [5.41, 5.74) is 0.171. The average Bonchev–Trinajstić information content (AvgIpc) is 2.51. The van der Waals surface area contributed by atoms with Gasteiger partial charge in [0, 0.05) is 4.47 Å². The van der Waals surface area contributed by atoms with Gasteiger partial charge in [0.05, 0.1) is 5.69 Å². The highest BCUT2D eigenvalue weighted by Crippen LogP contribution is 2.34. The Morgan fingerprint density at radius 2 is 2.00 bits per heavy atom. The van der Waals surface area contributed by atoms with Crippen molar-refractivity contribution in [2.75, 3.05) is 11.2 Å². The van der Waals surface area contributed by atoms with Crippen molar-refractivity contribution in [3.8, 4) is 0 Å². The summed E-state index contributed by atoms with van der Waals surface area (Å²) >= 11 is 4.95. The fraction of sp³-hybridized carbons (Fsp3) is 0.333. The normalized spacial score (nSPS) is 18.5. The highest BCUT2D eigenvalue weighted by molar-refractivity contribution is 9.10. The minimum Gasteiger partial charge on any atom is -0.271 e. The van der Waals surface area contributed by atoms with Crippen LogP contribution in [0.5, 0.6) is 0 Å². The van der Waals surface area contributed by atoms with Crippen LogP contribution < -0.4 is 4.90 Å². The number of para-hydroxylation sites is 1. The van der Waals surface area contributed by atoms with Crippen molar-refractivity contribution in [2.45, 2.75) is 19.4 Å². The zero-order valence-electron chi connectivity index (χ0n) is 9.90. The number of benzene rings is 1. The molecule has 0 saturated heterocycles. The van der Waals surface area contributed by atoms with E-state index in [1.54, 1.807) is 4.90 Å². The van der Waals surface area contributed by atoms with Crippen molar-refractivity contribution in [3.05, 3.63) is 28.7 Å². The van der Waals surface area contributed by atoms with Crippen LogP contribution in [0.1, 0.15) is 13.8 Å². The van der Waals surface area contributed by atoms with Crippen LogP contribution in [0, 0.1) is 0 Å². The lowest BCUT2D eigenvalue weighted by Crippen LogP contribution is -2.38. The summed E-state index contributed by atoms with van der Waals surface area (Å²) in [4.78, 5) is 18.5. The number of amidine groups is 1. The molecule has 0 unspecified atom stereocenters. The summed E-state index contributed by atoms with van der Waals surface area (Å²) in [6.45, 7) is 3.67. The third-order valence-corrected chi connectivity index (χ3v) is 3.88. The van der Waals surface area contributed by atoms with Crippen LogP contribution in [0.25, 0.3) is 0 Å². The molecule has 0 saturated carbocycles. The maximum absolute atomic E-state index is 12.3. The summed E-state index contributed by atoms with van der Waals surface area (Å²) in [5, 5.41) is 0.743. The van der Waals surface area contributed by atoms with Crippen molar-refractivity contribution in [3.63, 3.8) is 0 Å². The molecule has 0 fully saturated rings. The second kappa shape index (κ2) is 4.46. The number of carbonyl (C=O) groups is 1. The van der Waals surface area contributed by atoms with Gasteiger partial charge in [-0.3, -0.25) is 9.69 Å². The molecule has 1 aliphatic heterocycles. The number of carbonyl (C=O) groups excluding carboxylic acids is 1. The minimum atomic E-state index is -0.673. The summed E-state index contributed by atoms with van der Waals surface area (Å²) in [5.74, 6) is 0.00810. The molecule has 0 bridgehead atoms. The highest BCUT2D eigenvalue weighted by Gasteiger charge is 2.41. The van der Waals surface area contributed by atoms with Gasteiger partial charge in [-0.15, -0.1) is 0 Å². The third kappa shape index (κ3) is 2.13. The number of hydrogen-bond donors (Lipinski definition) is 0. The zero-order valence-corrected chi connectivity index (χ0v) is 12.3. The Balaban J connectivity index is 2.50. The molecule has 0 radical (unpaired) electrons. The first-order valence-electron chi connectivity index (χ1n) is 5.20. The van der Waals surface area contributed by atoms with E-state index in [0.29, 0.717) is 0 Å². The summed E-state index contributed by atoms with van der Waals surface area (Å²) < 4.78 is 0.896. The molecule has 0 aliphatic carbocycles. The fourth-order valence-electron chi connectivity index (χ4n) is 1.68.